The number of carbonyl (C=O) groups excluding carboxylic acids is 3. The van der Waals surface area contributed by atoms with Gasteiger partial charge in [0.1, 0.15) is 0 Å². The SMILES string of the molecule is CC(C)N1C(=O)C(=O)N(CN2CCN(S(=O)(=O)c3ccccc3)CC2)C1=O. The molecule has 0 unspecified atom stereocenters. The third kappa shape index (κ3) is 3.60. The largest absolute Gasteiger partial charge is 0.335 e. The van der Waals surface area contributed by atoms with Gasteiger partial charge in [0.05, 0.1) is 11.6 Å². The molecule has 0 radical (unpaired) electrons. The maximum atomic E-state index is 12.6. The van der Waals surface area contributed by atoms with Gasteiger partial charge in [-0.1, -0.05) is 18.2 Å². The summed E-state index contributed by atoms with van der Waals surface area (Å²) in [5, 5.41) is 0. The van der Waals surface area contributed by atoms with E-state index in [0.717, 1.165) is 9.80 Å². The number of hydrogen-bond donors (Lipinski definition) is 0. The Morgan fingerprint density at radius 1 is 0.926 bits per heavy atom. The topological polar surface area (TPSA) is 98.3 Å². The monoisotopic (exact) mass is 394 g/mol. The number of amides is 4. The Bertz CT molecular complexity index is 847. The van der Waals surface area contributed by atoms with Gasteiger partial charge in [0.25, 0.3) is 0 Å². The Labute approximate surface area is 158 Å². The van der Waals surface area contributed by atoms with Gasteiger partial charge < -0.3 is 0 Å². The van der Waals surface area contributed by atoms with E-state index in [4.69, 9.17) is 0 Å². The summed E-state index contributed by atoms with van der Waals surface area (Å²) in [7, 11) is -3.57. The molecule has 146 valence electrons. The van der Waals surface area contributed by atoms with Crippen molar-refractivity contribution < 1.29 is 22.8 Å². The first kappa shape index (κ1) is 19.5. The zero-order chi connectivity index (χ0) is 19.8. The average Bonchev–Trinajstić information content (AvgIpc) is 2.86. The third-order valence-electron chi connectivity index (χ3n) is 4.65. The third-order valence-corrected chi connectivity index (χ3v) is 6.57. The molecule has 2 heterocycles. The van der Waals surface area contributed by atoms with Crippen LogP contribution in [0.2, 0.25) is 0 Å². The number of benzene rings is 1. The lowest BCUT2D eigenvalue weighted by Gasteiger charge is -2.35. The number of nitrogens with zero attached hydrogens (tertiary/aromatic N) is 4. The number of piperazine rings is 1. The molecule has 2 aliphatic heterocycles. The second kappa shape index (κ2) is 7.37. The highest BCUT2D eigenvalue weighted by molar-refractivity contribution is 7.89. The summed E-state index contributed by atoms with van der Waals surface area (Å²) in [6.07, 6.45) is 0. The molecule has 0 aromatic heterocycles. The van der Waals surface area contributed by atoms with Crippen LogP contribution in [0, 0.1) is 0 Å². The molecule has 1 aromatic carbocycles. The van der Waals surface area contributed by atoms with E-state index in [0.29, 0.717) is 13.1 Å². The Balaban J connectivity index is 1.63. The smallest absolute Gasteiger partial charge is 0.283 e. The van der Waals surface area contributed by atoms with Crippen LogP contribution in [0.3, 0.4) is 0 Å². The van der Waals surface area contributed by atoms with E-state index < -0.39 is 33.9 Å². The van der Waals surface area contributed by atoms with Crippen molar-refractivity contribution in [2.75, 3.05) is 32.8 Å². The fourth-order valence-electron chi connectivity index (χ4n) is 3.16. The molecular weight excluding hydrogens is 372 g/mol. The minimum Gasteiger partial charge on any atom is -0.283 e. The van der Waals surface area contributed by atoms with Crippen molar-refractivity contribution in [3.63, 3.8) is 0 Å². The fourth-order valence-corrected chi connectivity index (χ4v) is 4.60. The minimum absolute atomic E-state index is 0.0220. The van der Waals surface area contributed by atoms with Crippen LogP contribution in [0.25, 0.3) is 0 Å². The summed E-state index contributed by atoms with van der Waals surface area (Å²) < 4.78 is 26.7. The van der Waals surface area contributed by atoms with Gasteiger partial charge in [0, 0.05) is 32.2 Å². The number of hydrogen-bond acceptors (Lipinski definition) is 6. The van der Waals surface area contributed by atoms with Gasteiger partial charge >= 0.3 is 17.8 Å². The number of sulfonamides is 1. The standard InChI is InChI=1S/C17H22N4O5S/c1-13(2)21-16(23)15(22)20(17(21)24)12-18-8-10-19(11-9-18)27(25,26)14-6-4-3-5-7-14/h3-7,13H,8-12H2,1-2H3. The van der Waals surface area contributed by atoms with Crippen LogP contribution in [0.1, 0.15) is 13.8 Å². The second-order valence-electron chi connectivity index (χ2n) is 6.76. The van der Waals surface area contributed by atoms with Crippen LogP contribution in [0.5, 0.6) is 0 Å². The molecule has 10 heteroatoms. The highest BCUT2D eigenvalue weighted by atomic mass is 32.2. The molecule has 0 bridgehead atoms. The van der Waals surface area contributed by atoms with Crippen molar-refractivity contribution >= 4 is 27.9 Å². The van der Waals surface area contributed by atoms with Crippen LogP contribution in [-0.2, 0) is 19.6 Å². The van der Waals surface area contributed by atoms with E-state index in [1.165, 1.54) is 4.31 Å². The number of carbonyl (C=O) groups is 3. The molecule has 0 aliphatic carbocycles. The van der Waals surface area contributed by atoms with Crippen LogP contribution < -0.4 is 0 Å². The summed E-state index contributed by atoms with van der Waals surface area (Å²) in [5.41, 5.74) is 0. The molecule has 1 aromatic rings. The van der Waals surface area contributed by atoms with Crippen LogP contribution in [0.4, 0.5) is 4.79 Å². The van der Waals surface area contributed by atoms with Crippen molar-refractivity contribution in [2.45, 2.75) is 24.8 Å². The van der Waals surface area contributed by atoms with Gasteiger partial charge in [0.15, 0.2) is 0 Å². The van der Waals surface area contributed by atoms with E-state index in [1.54, 1.807) is 49.1 Å². The molecule has 0 atom stereocenters. The van der Waals surface area contributed by atoms with Crippen molar-refractivity contribution in [3.05, 3.63) is 30.3 Å². The molecule has 2 saturated heterocycles. The van der Waals surface area contributed by atoms with Gasteiger partial charge in [-0.05, 0) is 26.0 Å². The van der Waals surface area contributed by atoms with Crippen molar-refractivity contribution in [1.82, 2.24) is 19.0 Å². The molecule has 3 rings (SSSR count). The predicted molar refractivity (Wildman–Crippen MR) is 95.9 cm³/mol. The average molecular weight is 394 g/mol. The van der Waals surface area contributed by atoms with E-state index in [1.807, 2.05) is 0 Å². The first-order valence-electron chi connectivity index (χ1n) is 8.70. The van der Waals surface area contributed by atoms with E-state index in [9.17, 15) is 22.8 Å². The molecule has 0 spiro atoms. The summed E-state index contributed by atoms with van der Waals surface area (Å²) in [4.78, 5) is 40.3. The second-order valence-corrected chi connectivity index (χ2v) is 8.70. The maximum absolute atomic E-state index is 12.6. The lowest BCUT2D eigenvalue weighted by Crippen LogP contribution is -2.52. The van der Waals surface area contributed by atoms with Crippen LogP contribution >= 0.6 is 0 Å². The van der Waals surface area contributed by atoms with Gasteiger partial charge in [-0.15, -0.1) is 0 Å². The highest BCUT2D eigenvalue weighted by Gasteiger charge is 2.46. The van der Waals surface area contributed by atoms with Gasteiger partial charge in [-0.25, -0.2) is 18.1 Å². The lowest BCUT2D eigenvalue weighted by molar-refractivity contribution is -0.144. The Morgan fingerprint density at radius 3 is 2.04 bits per heavy atom. The Hall–Kier alpha value is -2.30. The molecule has 2 fully saturated rings. The highest BCUT2D eigenvalue weighted by Crippen LogP contribution is 2.19. The molecule has 0 saturated carbocycles. The van der Waals surface area contributed by atoms with E-state index in [2.05, 4.69) is 0 Å². The van der Waals surface area contributed by atoms with E-state index >= 15 is 0 Å². The quantitative estimate of drug-likeness (QED) is 0.521. The Kier molecular flexibility index (Phi) is 5.31. The van der Waals surface area contributed by atoms with Gasteiger partial charge in [0.2, 0.25) is 10.0 Å². The molecule has 2 aliphatic rings. The van der Waals surface area contributed by atoms with Crippen molar-refractivity contribution in [3.8, 4) is 0 Å². The summed E-state index contributed by atoms with van der Waals surface area (Å²) in [6, 6.07) is 7.18. The minimum atomic E-state index is -3.57. The molecule has 0 N–H and O–H groups in total. The number of rotatable bonds is 5. The maximum Gasteiger partial charge on any atom is 0.335 e. The van der Waals surface area contributed by atoms with E-state index in [-0.39, 0.29) is 24.7 Å². The summed E-state index contributed by atoms with van der Waals surface area (Å²) in [5.74, 6) is -1.66. The first-order chi connectivity index (χ1) is 12.7. The number of imide groups is 2. The molecular formula is C17H22N4O5S. The zero-order valence-corrected chi connectivity index (χ0v) is 16.1. The summed E-state index contributed by atoms with van der Waals surface area (Å²) in [6.45, 7) is 4.52. The summed E-state index contributed by atoms with van der Waals surface area (Å²) >= 11 is 0. The van der Waals surface area contributed by atoms with Crippen LogP contribution in [0.15, 0.2) is 35.2 Å². The fraction of sp³-hybridized carbons (Fsp3) is 0.471. The Morgan fingerprint density at radius 2 is 1.52 bits per heavy atom. The normalized spacial score (nSPS) is 20.2. The molecule has 9 nitrogen and oxygen atoms in total. The molecule has 4 amide bonds. The van der Waals surface area contributed by atoms with Crippen molar-refractivity contribution in [1.29, 1.82) is 0 Å². The van der Waals surface area contributed by atoms with Gasteiger partial charge in [-0.2, -0.15) is 4.31 Å². The zero-order valence-electron chi connectivity index (χ0n) is 15.2. The number of urea groups is 1. The first-order valence-corrected chi connectivity index (χ1v) is 10.1. The van der Waals surface area contributed by atoms with Crippen LogP contribution in [-0.4, -0.2) is 84.2 Å². The predicted octanol–water partition coefficient (Wildman–Crippen LogP) is 0.150. The van der Waals surface area contributed by atoms with Gasteiger partial charge in [-0.3, -0.25) is 19.4 Å². The molecule has 27 heavy (non-hydrogen) atoms. The van der Waals surface area contributed by atoms with Crippen molar-refractivity contribution in [2.24, 2.45) is 0 Å². The lowest BCUT2D eigenvalue weighted by atomic mass is 10.3.